The van der Waals surface area contributed by atoms with Crippen LogP contribution in [-0.4, -0.2) is 25.7 Å². The Balaban J connectivity index is 2.88. The van der Waals surface area contributed by atoms with E-state index in [0.29, 0.717) is 19.6 Å². The van der Waals surface area contributed by atoms with E-state index in [-0.39, 0.29) is 12.0 Å². The number of hydrogen-bond acceptors (Lipinski definition) is 4. The summed E-state index contributed by atoms with van der Waals surface area (Å²) in [5, 5.41) is 3.31. The van der Waals surface area contributed by atoms with Crippen LogP contribution in [0.3, 0.4) is 0 Å². The molecule has 1 atom stereocenters. The predicted octanol–water partition coefficient (Wildman–Crippen LogP) is 2.69. The zero-order valence-corrected chi connectivity index (χ0v) is 11.9. The van der Waals surface area contributed by atoms with Gasteiger partial charge in [-0.1, -0.05) is 25.1 Å². The molecule has 0 saturated carbocycles. The Morgan fingerprint density at radius 2 is 1.95 bits per heavy atom. The second kappa shape index (κ2) is 8.53. The highest BCUT2D eigenvalue weighted by molar-refractivity contribution is 5.70. The Kier molecular flexibility index (Phi) is 6.97. The average Bonchev–Trinajstić information content (AvgIpc) is 2.39. The van der Waals surface area contributed by atoms with Crippen LogP contribution in [0.1, 0.15) is 38.8 Å². The van der Waals surface area contributed by atoms with Gasteiger partial charge in [0.05, 0.1) is 19.6 Å². The highest BCUT2D eigenvalue weighted by atomic mass is 16.5. The van der Waals surface area contributed by atoms with E-state index in [9.17, 15) is 4.79 Å². The van der Waals surface area contributed by atoms with Crippen molar-refractivity contribution >= 4 is 5.97 Å². The summed E-state index contributed by atoms with van der Waals surface area (Å²) >= 11 is 0. The lowest BCUT2D eigenvalue weighted by molar-refractivity contribution is -0.143. The molecule has 0 aliphatic heterocycles. The van der Waals surface area contributed by atoms with Gasteiger partial charge in [-0.2, -0.15) is 0 Å². The van der Waals surface area contributed by atoms with Gasteiger partial charge in [0.2, 0.25) is 0 Å². The minimum atomic E-state index is -0.195. The summed E-state index contributed by atoms with van der Waals surface area (Å²) in [6, 6.07) is 7.72. The summed E-state index contributed by atoms with van der Waals surface area (Å²) < 4.78 is 10.6. The van der Waals surface area contributed by atoms with Crippen LogP contribution in [-0.2, 0) is 9.53 Å². The Morgan fingerprint density at radius 1 is 1.21 bits per heavy atom. The third kappa shape index (κ3) is 4.91. The summed E-state index contributed by atoms with van der Waals surface area (Å²) in [5.41, 5.74) is 0.999. The lowest BCUT2D eigenvalue weighted by Gasteiger charge is -2.20. The second-order valence-corrected chi connectivity index (χ2v) is 4.09. The standard InChI is InChI=1S/C15H23NO3/c1-4-16-13(11-15(17)19-6-3)12-9-7-8-10-14(12)18-5-2/h7-10,13,16H,4-6,11H2,1-3H3. The molecule has 0 heterocycles. The topological polar surface area (TPSA) is 47.6 Å². The van der Waals surface area contributed by atoms with Crippen LogP contribution in [0, 0.1) is 0 Å². The van der Waals surface area contributed by atoms with Gasteiger partial charge in [0, 0.05) is 11.6 Å². The molecule has 106 valence electrons. The van der Waals surface area contributed by atoms with E-state index >= 15 is 0 Å². The minimum absolute atomic E-state index is 0.0770. The number of para-hydroxylation sites is 1. The monoisotopic (exact) mass is 265 g/mol. The minimum Gasteiger partial charge on any atom is -0.494 e. The molecule has 1 aromatic rings. The van der Waals surface area contributed by atoms with Crippen LogP contribution in [0.15, 0.2) is 24.3 Å². The fraction of sp³-hybridized carbons (Fsp3) is 0.533. The molecule has 19 heavy (non-hydrogen) atoms. The van der Waals surface area contributed by atoms with Gasteiger partial charge in [0.15, 0.2) is 0 Å². The summed E-state index contributed by atoms with van der Waals surface area (Å²) in [7, 11) is 0. The first-order valence-corrected chi connectivity index (χ1v) is 6.83. The quantitative estimate of drug-likeness (QED) is 0.734. The van der Waals surface area contributed by atoms with E-state index in [4.69, 9.17) is 9.47 Å². The van der Waals surface area contributed by atoms with Crippen LogP contribution in [0.5, 0.6) is 5.75 Å². The first kappa shape index (κ1) is 15.5. The zero-order chi connectivity index (χ0) is 14.1. The van der Waals surface area contributed by atoms with Crippen LogP contribution in [0.4, 0.5) is 0 Å². The van der Waals surface area contributed by atoms with Crippen molar-refractivity contribution in [1.82, 2.24) is 5.32 Å². The van der Waals surface area contributed by atoms with Crippen molar-refractivity contribution in [1.29, 1.82) is 0 Å². The fourth-order valence-electron chi connectivity index (χ4n) is 1.98. The maximum Gasteiger partial charge on any atom is 0.307 e. The molecular formula is C15H23NO3. The van der Waals surface area contributed by atoms with Crippen LogP contribution < -0.4 is 10.1 Å². The van der Waals surface area contributed by atoms with Gasteiger partial charge in [-0.05, 0) is 26.5 Å². The number of esters is 1. The van der Waals surface area contributed by atoms with Crippen molar-refractivity contribution < 1.29 is 14.3 Å². The van der Waals surface area contributed by atoms with Gasteiger partial charge in [-0.3, -0.25) is 4.79 Å². The summed E-state index contributed by atoms with van der Waals surface area (Å²) in [6.45, 7) is 7.57. The molecule has 0 radical (unpaired) electrons. The van der Waals surface area contributed by atoms with E-state index in [0.717, 1.165) is 17.9 Å². The number of benzene rings is 1. The average molecular weight is 265 g/mol. The Morgan fingerprint density at radius 3 is 2.58 bits per heavy atom. The predicted molar refractivity (Wildman–Crippen MR) is 75.3 cm³/mol. The highest BCUT2D eigenvalue weighted by Gasteiger charge is 2.19. The molecule has 0 fully saturated rings. The third-order valence-electron chi connectivity index (χ3n) is 2.72. The van der Waals surface area contributed by atoms with Crippen LogP contribution in [0.2, 0.25) is 0 Å². The molecule has 1 unspecified atom stereocenters. The fourth-order valence-corrected chi connectivity index (χ4v) is 1.98. The van der Waals surface area contributed by atoms with Crippen molar-refractivity contribution in [2.45, 2.75) is 33.2 Å². The molecule has 0 amide bonds. The van der Waals surface area contributed by atoms with Crippen molar-refractivity contribution in [3.63, 3.8) is 0 Å². The lowest BCUT2D eigenvalue weighted by Crippen LogP contribution is -2.25. The van der Waals surface area contributed by atoms with Gasteiger partial charge < -0.3 is 14.8 Å². The lowest BCUT2D eigenvalue weighted by atomic mass is 10.0. The molecule has 4 nitrogen and oxygen atoms in total. The van der Waals surface area contributed by atoms with E-state index in [1.807, 2.05) is 45.0 Å². The SMILES string of the molecule is CCNC(CC(=O)OCC)c1ccccc1OCC. The van der Waals surface area contributed by atoms with E-state index in [1.165, 1.54) is 0 Å². The molecular weight excluding hydrogens is 242 g/mol. The van der Waals surface area contributed by atoms with Crippen LogP contribution >= 0.6 is 0 Å². The summed E-state index contributed by atoms with van der Waals surface area (Å²) in [6.07, 6.45) is 0.311. The van der Waals surface area contributed by atoms with E-state index < -0.39 is 0 Å². The molecule has 0 aliphatic rings. The Bertz CT molecular complexity index is 393. The van der Waals surface area contributed by atoms with Gasteiger partial charge in [-0.15, -0.1) is 0 Å². The molecule has 0 saturated heterocycles. The van der Waals surface area contributed by atoms with Gasteiger partial charge in [-0.25, -0.2) is 0 Å². The maximum absolute atomic E-state index is 11.7. The van der Waals surface area contributed by atoms with E-state index in [1.54, 1.807) is 0 Å². The number of ether oxygens (including phenoxy) is 2. The number of carbonyl (C=O) groups is 1. The summed E-state index contributed by atoms with van der Waals surface area (Å²) in [4.78, 5) is 11.7. The van der Waals surface area contributed by atoms with Crippen molar-refractivity contribution in [3.05, 3.63) is 29.8 Å². The molecule has 0 aromatic heterocycles. The van der Waals surface area contributed by atoms with Gasteiger partial charge >= 0.3 is 5.97 Å². The molecule has 1 N–H and O–H groups in total. The molecule has 0 aliphatic carbocycles. The number of rotatable bonds is 8. The molecule has 4 heteroatoms. The molecule has 0 spiro atoms. The summed E-state index contributed by atoms with van der Waals surface area (Å²) in [5.74, 6) is 0.625. The first-order valence-electron chi connectivity index (χ1n) is 6.83. The van der Waals surface area contributed by atoms with Gasteiger partial charge in [0.25, 0.3) is 0 Å². The number of nitrogens with one attached hydrogen (secondary N) is 1. The number of carbonyl (C=O) groups excluding carboxylic acids is 1. The Labute approximate surface area is 115 Å². The highest BCUT2D eigenvalue weighted by Crippen LogP contribution is 2.27. The second-order valence-electron chi connectivity index (χ2n) is 4.09. The van der Waals surface area contributed by atoms with E-state index in [2.05, 4.69) is 5.32 Å². The van der Waals surface area contributed by atoms with Crippen molar-refractivity contribution in [3.8, 4) is 5.75 Å². The normalized spacial score (nSPS) is 11.9. The first-order chi connectivity index (χ1) is 9.22. The van der Waals surface area contributed by atoms with Crippen LogP contribution in [0.25, 0.3) is 0 Å². The van der Waals surface area contributed by atoms with Crippen molar-refractivity contribution in [2.24, 2.45) is 0 Å². The Hall–Kier alpha value is -1.55. The smallest absolute Gasteiger partial charge is 0.307 e. The molecule has 1 aromatic carbocycles. The third-order valence-corrected chi connectivity index (χ3v) is 2.72. The molecule has 1 rings (SSSR count). The molecule has 0 bridgehead atoms. The van der Waals surface area contributed by atoms with Gasteiger partial charge in [0.1, 0.15) is 5.75 Å². The zero-order valence-electron chi connectivity index (χ0n) is 11.9. The largest absolute Gasteiger partial charge is 0.494 e. The number of hydrogen-bond donors (Lipinski definition) is 1. The maximum atomic E-state index is 11.7. The van der Waals surface area contributed by atoms with Crippen molar-refractivity contribution in [2.75, 3.05) is 19.8 Å².